The first-order valence-electron chi connectivity index (χ1n) is 5.75. The summed E-state index contributed by atoms with van der Waals surface area (Å²) in [6.45, 7) is 3.22. The Bertz CT molecular complexity index is 683. The van der Waals surface area contributed by atoms with E-state index in [4.69, 9.17) is 17.5 Å². The fraction of sp³-hybridized carbons (Fsp3) is 0.385. The SMILES string of the molecule is CC1(Cn2c(=S)[nH]c3c(C#N)cccc32)CC1. The van der Waals surface area contributed by atoms with E-state index in [2.05, 4.69) is 22.5 Å². The number of rotatable bonds is 2. The molecule has 0 bridgehead atoms. The lowest BCUT2D eigenvalue weighted by Gasteiger charge is -2.10. The van der Waals surface area contributed by atoms with Crippen LogP contribution in [0.15, 0.2) is 18.2 Å². The van der Waals surface area contributed by atoms with Gasteiger partial charge in [-0.15, -0.1) is 0 Å². The van der Waals surface area contributed by atoms with E-state index in [0.29, 0.717) is 11.0 Å². The number of para-hydroxylation sites is 1. The van der Waals surface area contributed by atoms with Crippen molar-refractivity contribution in [2.75, 3.05) is 0 Å². The fourth-order valence-corrected chi connectivity index (χ4v) is 2.45. The van der Waals surface area contributed by atoms with Crippen LogP contribution in [0.2, 0.25) is 0 Å². The second-order valence-electron chi connectivity index (χ2n) is 5.14. The Morgan fingerprint density at radius 1 is 1.53 bits per heavy atom. The molecule has 1 saturated carbocycles. The fourth-order valence-electron chi connectivity index (χ4n) is 2.18. The van der Waals surface area contributed by atoms with Crippen LogP contribution < -0.4 is 0 Å². The Labute approximate surface area is 105 Å². The summed E-state index contributed by atoms with van der Waals surface area (Å²) >= 11 is 5.35. The minimum absolute atomic E-state index is 0.399. The number of nitrogens with one attached hydrogen (secondary N) is 1. The maximum atomic E-state index is 9.07. The van der Waals surface area contributed by atoms with Gasteiger partial charge in [0.1, 0.15) is 6.07 Å². The van der Waals surface area contributed by atoms with Crippen LogP contribution in [0.4, 0.5) is 0 Å². The molecule has 0 aliphatic heterocycles. The number of H-pyrrole nitrogens is 1. The molecule has 3 nitrogen and oxygen atoms in total. The lowest BCUT2D eigenvalue weighted by molar-refractivity contribution is 0.469. The minimum Gasteiger partial charge on any atom is -0.329 e. The molecule has 0 radical (unpaired) electrons. The molecule has 0 spiro atoms. The summed E-state index contributed by atoms with van der Waals surface area (Å²) in [6.07, 6.45) is 2.53. The number of nitriles is 1. The average Bonchev–Trinajstić information content (AvgIpc) is 2.96. The van der Waals surface area contributed by atoms with Crippen molar-refractivity contribution in [1.82, 2.24) is 9.55 Å². The van der Waals surface area contributed by atoms with Crippen LogP contribution in [0.25, 0.3) is 11.0 Å². The van der Waals surface area contributed by atoms with Gasteiger partial charge in [0.05, 0.1) is 16.6 Å². The smallest absolute Gasteiger partial charge is 0.178 e. The molecular formula is C13H13N3S. The van der Waals surface area contributed by atoms with Crippen molar-refractivity contribution in [3.8, 4) is 6.07 Å². The zero-order chi connectivity index (χ0) is 12.0. The second kappa shape index (κ2) is 3.44. The molecular weight excluding hydrogens is 230 g/mol. The van der Waals surface area contributed by atoms with Gasteiger partial charge in [0.2, 0.25) is 0 Å². The van der Waals surface area contributed by atoms with Crippen molar-refractivity contribution < 1.29 is 0 Å². The molecule has 86 valence electrons. The number of aromatic nitrogens is 2. The molecule has 17 heavy (non-hydrogen) atoms. The molecule has 0 unspecified atom stereocenters. The summed E-state index contributed by atoms with van der Waals surface area (Å²) in [7, 11) is 0. The molecule has 1 aliphatic rings. The average molecular weight is 243 g/mol. The van der Waals surface area contributed by atoms with Gasteiger partial charge in [0.25, 0.3) is 0 Å². The van der Waals surface area contributed by atoms with Crippen molar-refractivity contribution in [1.29, 1.82) is 5.26 Å². The third-order valence-electron chi connectivity index (χ3n) is 3.57. The normalized spacial score (nSPS) is 16.9. The van der Waals surface area contributed by atoms with Gasteiger partial charge in [-0.3, -0.25) is 0 Å². The molecule has 1 fully saturated rings. The Balaban J connectivity index is 2.22. The quantitative estimate of drug-likeness (QED) is 0.822. The maximum absolute atomic E-state index is 9.07. The standard InChI is InChI=1S/C13H13N3S/c1-13(5-6-13)8-16-10-4-2-3-9(7-14)11(10)15-12(16)17/h2-4H,5-6,8H2,1H3,(H,15,17). The number of aromatic amines is 1. The highest BCUT2D eigenvalue weighted by Gasteiger charge is 2.38. The number of nitrogens with zero attached hydrogens (tertiary/aromatic N) is 2. The zero-order valence-corrected chi connectivity index (χ0v) is 10.5. The van der Waals surface area contributed by atoms with E-state index >= 15 is 0 Å². The monoisotopic (exact) mass is 243 g/mol. The molecule has 0 saturated heterocycles. The molecule has 1 aliphatic carbocycles. The number of fused-ring (bicyclic) bond motifs is 1. The summed E-state index contributed by atoms with van der Waals surface area (Å²) in [4.78, 5) is 3.15. The van der Waals surface area contributed by atoms with E-state index < -0.39 is 0 Å². The minimum atomic E-state index is 0.399. The second-order valence-corrected chi connectivity index (χ2v) is 5.53. The highest BCUT2D eigenvalue weighted by Crippen LogP contribution is 2.46. The van der Waals surface area contributed by atoms with E-state index in [9.17, 15) is 0 Å². The Kier molecular flexibility index (Phi) is 2.14. The summed E-state index contributed by atoms with van der Waals surface area (Å²) in [6, 6.07) is 7.95. The molecule has 1 N–H and O–H groups in total. The summed E-state index contributed by atoms with van der Waals surface area (Å²) in [5.74, 6) is 0. The topological polar surface area (TPSA) is 44.5 Å². The van der Waals surface area contributed by atoms with Gasteiger partial charge >= 0.3 is 0 Å². The van der Waals surface area contributed by atoms with Gasteiger partial charge in [-0.1, -0.05) is 13.0 Å². The van der Waals surface area contributed by atoms with E-state index in [1.165, 1.54) is 12.8 Å². The molecule has 1 aromatic heterocycles. The van der Waals surface area contributed by atoms with Gasteiger partial charge in [-0.25, -0.2) is 0 Å². The van der Waals surface area contributed by atoms with Crippen LogP contribution >= 0.6 is 12.2 Å². The first kappa shape index (κ1) is 10.5. The molecule has 0 atom stereocenters. The highest BCUT2D eigenvalue weighted by molar-refractivity contribution is 7.71. The van der Waals surface area contributed by atoms with Crippen LogP contribution in [-0.2, 0) is 6.54 Å². The van der Waals surface area contributed by atoms with Gasteiger partial charge in [0.15, 0.2) is 4.77 Å². The van der Waals surface area contributed by atoms with Gasteiger partial charge < -0.3 is 9.55 Å². The number of hydrogen-bond acceptors (Lipinski definition) is 2. The van der Waals surface area contributed by atoms with Crippen LogP contribution in [0.3, 0.4) is 0 Å². The third-order valence-corrected chi connectivity index (χ3v) is 3.90. The molecule has 3 rings (SSSR count). The highest BCUT2D eigenvalue weighted by atomic mass is 32.1. The van der Waals surface area contributed by atoms with E-state index in [1.807, 2.05) is 18.2 Å². The molecule has 1 aromatic carbocycles. The van der Waals surface area contributed by atoms with Crippen LogP contribution in [0.5, 0.6) is 0 Å². The molecule has 4 heteroatoms. The summed E-state index contributed by atoms with van der Waals surface area (Å²) in [5, 5.41) is 9.07. The summed E-state index contributed by atoms with van der Waals surface area (Å²) < 4.78 is 2.84. The first-order valence-corrected chi connectivity index (χ1v) is 6.15. The van der Waals surface area contributed by atoms with Crippen molar-refractivity contribution in [2.24, 2.45) is 5.41 Å². The zero-order valence-electron chi connectivity index (χ0n) is 9.66. The van der Waals surface area contributed by atoms with Crippen LogP contribution in [0.1, 0.15) is 25.3 Å². The first-order chi connectivity index (χ1) is 8.13. The van der Waals surface area contributed by atoms with Gasteiger partial charge in [-0.05, 0) is 42.6 Å². The molecule has 1 heterocycles. The molecule has 0 amide bonds. The van der Waals surface area contributed by atoms with E-state index in [1.54, 1.807) is 0 Å². The number of imidazole rings is 1. The Morgan fingerprint density at radius 2 is 2.29 bits per heavy atom. The lowest BCUT2D eigenvalue weighted by atomic mass is 10.1. The Morgan fingerprint density at radius 3 is 2.94 bits per heavy atom. The summed E-state index contributed by atoms with van der Waals surface area (Å²) in [5.41, 5.74) is 2.97. The largest absolute Gasteiger partial charge is 0.329 e. The Hall–Kier alpha value is -1.60. The van der Waals surface area contributed by atoms with E-state index in [-0.39, 0.29) is 0 Å². The van der Waals surface area contributed by atoms with Gasteiger partial charge in [-0.2, -0.15) is 5.26 Å². The van der Waals surface area contributed by atoms with E-state index in [0.717, 1.165) is 22.3 Å². The maximum Gasteiger partial charge on any atom is 0.178 e. The molecule has 2 aromatic rings. The number of hydrogen-bond donors (Lipinski definition) is 1. The third kappa shape index (κ3) is 1.67. The number of benzene rings is 1. The van der Waals surface area contributed by atoms with Crippen molar-refractivity contribution in [2.45, 2.75) is 26.3 Å². The lowest BCUT2D eigenvalue weighted by Crippen LogP contribution is -2.07. The van der Waals surface area contributed by atoms with Crippen LogP contribution in [-0.4, -0.2) is 9.55 Å². The predicted molar refractivity (Wildman–Crippen MR) is 69.2 cm³/mol. The van der Waals surface area contributed by atoms with Crippen molar-refractivity contribution in [3.63, 3.8) is 0 Å². The van der Waals surface area contributed by atoms with Gasteiger partial charge in [0, 0.05) is 6.54 Å². The van der Waals surface area contributed by atoms with Crippen molar-refractivity contribution in [3.05, 3.63) is 28.5 Å². The van der Waals surface area contributed by atoms with Crippen LogP contribution in [0, 0.1) is 21.5 Å². The van der Waals surface area contributed by atoms with Crippen molar-refractivity contribution >= 4 is 23.3 Å². The predicted octanol–water partition coefficient (Wildman–Crippen LogP) is 3.37.